The summed E-state index contributed by atoms with van der Waals surface area (Å²) in [5.74, 6) is 0.152. The zero-order valence-electron chi connectivity index (χ0n) is 10.1. The first-order valence-corrected chi connectivity index (χ1v) is 5.86. The molecule has 0 aliphatic carbocycles. The third kappa shape index (κ3) is 1.83. The van der Waals surface area contributed by atoms with Crippen molar-refractivity contribution in [2.75, 3.05) is 4.90 Å². The molecule has 94 valence electrons. The van der Waals surface area contributed by atoms with Crippen LogP contribution in [-0.4, -0.2) is 11.1 Å². The Kier molecular flexibility index (Phi) is 2.49. The van der Waals surface area contributed by atoms with Gasteiger partial charge in [-0.2, -0.15) is 0 Å². The molecule has 0 unspecified atom stereocenters. The molecule has 1 aliphatic heterocycles. The molecule has 0 spiro atoms. The Labute approximate surface area is 110 Å². The molecule has 0 saturated heterocycles. The summed E-state index contributed by atoms with van der Waals surface area (Å²) in [6, 6.07) is 11.8. The predicted octanol–water partition coefficient (Wildman–Crippen LogP) is 3.09. The van der Waals surface area contributed by atoms with E-state index in [4.69, 9.17) is 5.73 Å². The lowest BCUT2D eigenvalue weighted by atomic mass is 10.1. The van der Waals surface area contributed by atoms with E-state index < -0.39 is 6.03 Å². The summed E-state index contributed by atoms with van der Waals surface area (Å²) >= 11 is 0. The van der Waals surface area contributed by atoms with E-state index >= 15 is 0 Å². The maximum Gasteiger partial charge on any atom is 0.323 e. The Morgan fingerprint density at radius 1 is 1.00 bits per heavy atom. The normalized spacial score (nSPS) is 12.5. The van der Waals surface area contributed by atoms with E-state index in [1.165, 1.54) is 11.0 Å². The van der Waals surface area contributed by atoms with Gasteiger partial charge in [0.05, 0.1) is 11.4 Å². The first kappa shape index (κ1) is 11.3. The molecule has 2 aromatic rings. The van der Waals surface area contributed by atoms with Crippen molar-refractivity contribution >= 4 is 29.6 Å². The molecule has 2 aromatic carbocycles. The molecule has 0 aromatic heterocycles. The number of hydrogen-bond acceptors (Lipinski definition) is 2. The minimum atomic E-state index is -0.553. The first-order chi connectivity index (χ1) is 9.16. The number of rotatable bonds is 0. The monoisotopic (exact) mass is 252 g/mol. The molecule has 0 atom stereocenters. The van der Waals surface area contributed by atoms with Gasteiger partial charge in [-0.15, -0.1) is 0 Å². The molecule has 4 nitrogen and oxygen atoms in total. The van der Waals surface area contributed by atoms with Crippen LogP contribution >= 0.6 is 0 Å². The van der Waals surface area contributed by atoms with E-state index in [9.17, 15) is 9.90 Å². The first-order valence-electron chi connectivity index (χ1n) is 5.86. The van der Waals surface area contributed by atoms with Crippen LogP contribution in [0.4, 0.5) is 16.2 Å². The average molecular weight is 252 g/mol. The van der Waals surface area contributed by atoms with Crippen molar-refractivity contribution in [1.82, 2.24) is 0 Å². The van der Waals surface area contributed by atoms with Crippen LogP contribution in [0.15, 0.2) is 42.5 Å². The van der Waals surface area contributed by atoms with Crippen molar-refractivity contribution in [3.05, 3.63) is 53.6 Å². The van der Waals surface area contributed by atoms with Crippen molar-refractivity contribution in [1.29, 1.82) is 0 Å². The summed E-state index contributed by atoms with van der Waals surface area (Å²) in [6.07, 6.45) is 3.76. The zero-order valence-corrected chi connectivity index (χ0v) is 10.1. The number of urea groups is 1. The molecule has 3 rings (SSSR count). The number of benzene rings is 2. The van der Waals surface area contributed by atoms with E-state index in [1.807, 2.05) is 36.4 Å². The van der Waals surface area contributed by atoms with Crippen LogP contribution in [0.25, 0.3) is 12.2 Å². The van der Waals surface area contributed by atoms with Crippen LogP contribution in [-0.2, 0) is 0 Å². The highest BCUT2D eigenvalue weighted by molar-refractivity contribution is 6.04. The number of aromatic hydroxyl groups is 1. The lowest BCUT2D eigenvalue weighted by Gasteiger charge is -2.22. The summed E-state index contributed by atoms with van der Waals surface area (Å²) in [6.45, 7) is 0. The Morgan fingerprint density at radius 2 is 1.68 bits per heavy atom. The number of anilines is 2. The second kappa shape index (κ2) is 4.17. The molecule has 0 radical (unpaired) electrons. The third-order valence-corrected chi connectivity index (χ3v) is 3.09. The minimum absolute atomic E-state index is 0.152. The molecule has 1 aliphatic rings. The van der Waals surface area contributed by atoms with Crippen LogP contribution < -0.4 is 10.6 Å². The predicted molar refractivity (Wildman–Crippen MR) is 75.2 cm³/mol. The highest BCUT2D eigenvalue weighted by Crippen LogP contribution is 2.37. The topological polar surface area (TPSA) is 66.6 Å². The van der Waals surface area contributed by atoms with Crippen molar-refractivity contribution < 1.29 is 9.90 Å². The minimum Gasteiger partial charge on any atom is -0.508 e. The fraction of sp³-hybridized carbons (Fsp3) is 0. The highest BCUT2D eigenvalue weighted by atomic mass is 16.3. The van der Waals surface area contributed by atoms with Gasteiger partial charge in [0, 0.05) is 5.56 Å². The van der Waals surface area contributed by atoms with Crippen LogP contribution in [0.1, 0.15) is 11.1 Å². The summed E-state index contributed by atoms with van der Waals surface area (Å²) in [7, 11) is 0. The van der Waals surface area contributed by atoms with Crippen LogP contribution in [0.2, 0.25) is 0 Å². The molecule has 0 bridgehead atoms. The van der Waals surface area contributed by atoms with Gasteiger partial charge in [-0.05, 0) is 29.8 Å². The highest BCUT2D eigenvalue weighted by Gasteiger charge is 2.21. The van der Waals surface area contributed by atoms with Crippen molar-refractivity contribution in [2.24, 2.45) is 5.73 Å². The number of para-hydroxylation sites is 1. The number of carbonyl (C=O) groups is 1. The summed E-state index contributed by atoms with van der Waals surface area (Å²) in [5.41, 5.74) is 8.54. The maximum absolute atomic E-state index is 11.8. The van der Waals surface area contributed by atoms with Gasteiger partial charge >= 0.3 is 6.03 Å². The van der Waals surface area contributed by atoms with Crippen LogP contribution in [0.3, 0.4) is 0 Å². The van der Waals surface area contributed by atoms with Crippen LogP contribution in [0.5, 0.6) is 5.75 Å². The fourth-order valence-corrected chi connectivity index (χ4v) is 2.26. The summed E-state index contributed by atoms with van der Waals surface area (Å²) in [5, 5.41) is 9.55. The van der Waals surface area contributed by atoms with Crippen LogP contribution in [0, 0.1) is 0 Å². The SMILES string of the molecule is NC(=O)N1c2ccccc2C=Cc2cc(O)ccc21. The number of hydrogen-bond donors (Lipinski definition) is 2. The lowest BCUT2D eigenvalue weighted by molar-refractivity contribution is 0.256. The second-order valence-electron chi connectivity index (χ2n) is 4.31. The van der Waals surface area contributed by atoms with E-state index in [0.29, 0.717) is 5.69 Å². The van der Waals surface area contributed by atoms with E-state index in [-0.39, 0.29) is 5.75 Å². The number of phenolic OH excluding ortho intramolecular Hbond substituents is 1. The van der Waals surface area contributed by atoms with Gasteiger partial charge in [-0.1, -0.05) is 30.4 Å². The molecule has 0 fully saturated rings. The number of amides is 2. The van der Waals surface area contributed by atoms with Crippen molar-refractivity contribution in [2.45, 2.75) is 0 Å². The van der Waals surface area contributed by atoms with Gasteiger partial charge in [0.15, 0.2) is 0 Å². The average Bonchev–Trinajstić information content (AvgIpc) is 2.55. The Bertz CT molecular complexity index is 692. The maximum atomic E-state index is 11.8. The van der Waals surface area contributed by atoms with Crippen molar-refractivity contribution in [3.63, 3.8) is 0 Å². The van der Waals surface area contributed by atoms with Gasteiger partial charge in [0.25, 0.3) is 0 Å². The van der Waals surface area contributed by atoms with Gasteiger partial charge in [0.2, 0.25) is 0 Å². The zero-order chi connectivity index (χ0) is 13.4. The quantitative estimate of drug-likeness (QED) is 0.756. The van der Waals surface area contributed by atoms with E-state index in [0.717, 1.165) is 16.8 Å². The summed E-state index contributed by atoms with van der Waals surface area (Å²) < 4.78 is 0. The van der Waals surface area contributed by atoms with Gasteiger partial charge in [-0.3, -0.25) is 4.90 Å². The smallest absolute Gasteiger partial charge is 0.323 e. The third-order valence-electron chi connectivity index (χ3n) is 3.09. The molecule has 1 heterocycles. The number of fused-ring (bicyclic) bond motifs is 2. The van der Waals surface area contributed by atoms with Gasteiger partial charge < -0.3 is 10.8 Å². The summed E-state index contributed by atoms with van der Waals surface area (Å²) in [4.78, 5) is 13.2. The van der Waals surface area contributed by atoms with Gasteiger partial charge in [-0.25, -0.2) is 4.79 Å². The molecule has 2 amide bonds. The largest absolute Gasteiger partial charge is 0.508 e. The molecular formula is C15H12N2O2. The molecule has 19 heavy (non-hydrogen) atoms. The fourth-order valence-electron chi connectivity index (χ4n) is 2.26. The van der Waals surface area contributed by atoms with E-state index in [1.54, 1.807) is 12.1 Å². The molecule has 4 heteroatoms. The molecule has 3 N–H and O–H groups in total. The van der Waals surface area contributed by atoms with E-state index in [2.05, 4.69) is 0 Å². The standard InChI is InChI=1S/C15H12N2O2/c16-15(19)17-13-4-2-1-3-10(13)5-6-11-9-12(18)7-8-14(11)17/h1-9,18H,(H2,16,19). The molecular weight excluding hydrogens is 240 g/mol. The van der Waals surface area contributed by atoms with Gasteiger partial charge in [0.1, 0.15) is 5.75 Å². The molecule has 0 saturated carbocycles. The number of nitrogens with two attached hydrogens (primary N) is 1. The Balaban J connectivity index is 2.30. The Morgan fingerprint density at radius 3 is 2.47 bits per heavy atom. The number of nitrogens with zero attached hydrogens (tertiary/aromatic N) is 1. The lowest BCUT2D eigenvalue weighted by Crippen LogP contribution is -2.32. The second-order valence-corrected chi connectivity index (χ2v) is 4.31. The number of carbonyl (C=O) groups excluding carboxylic acids is 1. The van der Waals surface area contributed by atoms with Crippen molar-refractivity contribution in [3.8, 4) is 5.75 Å². The number of primary amides is 1. The Hall–Kier alpha value is -2.75. The number of phenols is 1.